The summed E-state index contributed by atoms with van der Waals surface area (Å²) in [6.45, 7) is 8.02. The molecule has 0 saturated carbocycles. The maximum Gasteiger partial charge on any atom is 0.0702 e. The molecule has 2 heterocycles. The first kappa shape index (κ1) is 12.3. The highest BCUT2D eigenvalue weighted by Crippen LogP contribution is 2.17. The van der Waals surface area contributed by atoms with Crippen molar-refractivity contribution in [1.29, 1.82) is 0 Å². The molecule has 0 aromatic heterocycles. The topological polar surface area (TPSA) is 24.5 Å². The van der Waals surface area contributed by atoms with E-state index in [0.29, 0.717) is 6.10 Å². The zero-order valence-electron chi connectivity index (χ0n) is 10.6. The Bertz CT molecular complexity index is 186. The van der Waals surface area contributed by atoms with E-state index in [1.807, 2.05) is 0 Å². The van der Waals surface area contributed by atoms with E-state index in [1.165, 1.54) is 51.7 Å². The largest absolute Gasteiger partial charge is 0.377 e. The molecule has 2 aliphatic rings. The molecule has 2 rings (SSSR count). The lowest BCUT2D eigenvalue weighted by atomic mass is 10.0. The van der Waals surface area contributed by atoms with Crippen LogP contribution in [0.5, 0.6) is 0 Å². The first-order chi connectivity index (χ1) is 7.90. The second-order valence-electron chi connectivity index (χ2n) is 5.13. The average Bonchev–Trinajstić information content (AvgIpc) is 2.83. The highest BCUT2D eigenvalue weighted by molar-refractivity contribution is 4.81. The van der Waals surface area contributed by atoms with Crippen molar-refractivity contribution in [2.24, 2.45) is 0 Å². The molecule has 2 unspecified atom stereocenters. The van der Waals surface area contributed by atoms with E-state index in [2.05, 4.69) is 17.1 Å². The van der Waals surface area contributed by atoms with E-state index in [-0.39, 0.29) is 0 Å². The summed E-state index contributed by atoms with van der Waals surface area (Å²) in [6, 6.07) is 0.748. The predicted molar refractivity (Wildman–Crippen MR) is 66.7 cm³/mol. The van der Waals surface area contributed by atoms with Crippen LogP contribution in [0, 0.1) is 0 Å². The lowest BCUT2D eigenvalue weighted by molar-refractivity contribution is 0.0514. The number of ether oxygens (including phenoxy) is 1. The third-order valence-electron chi connectivity index (χ3n) is 3.76. The summed E-state index contributed by atoms with van der Waals surface area (Å²) < 4.78 is 5.76. The van der Waals surface area contributed by atoms with Gasteiger partial charge in [0.2, 0.25) is 0 Å². The van der Waals surface area contributed by atoms with Gasteiger partial charge in [0.25, 0.3) is 0 Å². The third kappa shape index (κ3) is 3.44. The summed E-state index contributed by atoms with van der Waals surface area (Å²) in [5.74, 6) is 0. The van der Waals surface area contributed by atoms with E-state index >= 15 is 0 Å². The monoisotopic (exact) mass is 226 g/mol. The van der Waals surface area contributed by atoms with E-state index in [0.717, 1.165) is 19.2 Å². The molecule has 0 aromatic carbocycles. The molecular weight excluding hydrogens is 200 g/mol. The molecule has 2 fully saturated rings. The zero-order chi connectivity index (χ0) is 11.2. The third-order valence-corrected chi connectivity index (χ3v) is 3.76. The van der Waals surface area contributed by atoms with Gasteiger partial charge < -0.3 is 10.1 Å². The van der Waals surface area contributed by atoms with Gasteiger partial charge in [-0.05, 0) is 45.2 Å². The van der Waals surface area contributed by atoms with Crippen molar-refractivity contribution in [2.45, 2.75) is 51.2 Å². The lowest BCUT2D eigenvalue weighted by Gasteiger charge is -2.35. The van der Waals surface area contributed by atoms with Crippen LogP contribution in [0.15, 0.2) is 0 Å². The van der Waals surface area contributed by atoms with Crippen LogP contribution in [-0.4, -0.2) is 49.8 Å². The van der Waals surface area contributed by atoms with Gasteiger partial charge in [-0.2, -0.15) is 0 Å². The summed E-state index contributed by atoms with van der Waals surface area (Å²) >= 11 is 0. The van der Waals surface area contributed by atoms with E-state index in [1.54, 1.807) is 0 Å². The molecule has 0 bridgehead atoms. The second kappa shape index (κ2) is 6.58. The van der Waals surface area contributed by atoms with Crippen LogP contribution in [0.25, 0.3) is 0 Å². The van der Waals surface area contributed by atoms with Crippen LogP contribution in [-0.2, 0) is 4.74 Å². The van der Waals surface area contributed by atoms with E-state index < -0.39 is 0 Å². The van der Waals surface area contributed by atoms with Gasteiger partial charge in [-0.3, -0.25) is 4.90 Å². The summed E-state index contributed by atoms with van der Waals surface area (Å²) in [5, 5.41) is 3.52. The number of nitrogens with one attached hydrogen (secondary N) is 1. The maximum absolute atomic E-state index is 5.76. The Balaban J connectivity index is 1.82. The molecule has 2 atom stereocenters. The second-order valence-corrected chi connectivity index (χ2v) is 5.13. The smallest absolute Gasteiger partial charge is 0.0702 e. The van der Waals surface area contributed by atoms with Crippen LogP contribution in [0.3, 0.4) is 0 Å². The normalized spacial score (nSPS) is 31.1. The summed E-state index contributed by atoms with van der Waals surface area (Å²) in [7, 11) is 0. The Kier molecular flexibility index (Phi) is 5.07. The van der Waals surface area contributed by atoms with E-state index in [4.69, 9.17) is 4.74 Å². The summed E-state index contributed by atoms with van der Waals surface area (Å²) in [5.41, 5.74) is 0. The fourth-order valence-electron chi connectivity index (χ4n) is 2.91. The van der Waals surface area contributed by atoms with Crippen LogP contribution in [0.4, 0.5) is 0 Å². The van der Waals surface area contributed by atoms with Crippen molar-refractivity contribution in [3.8, 4) is 0 Å². The van der Waals surface area contributed by atoms with Gasteiger partial charge in [0.1, 0.15) is 0 Å². The Morgan fingerprint density at radius 2 is 2.25 bits per heavy atom. The molecule has 3 nitrogen and oxygen atoms in total. The van der Waals surface area contributed by atoms with Crippen molar-refractivity contribution in [2.75, 3.05) is 32.8 Å². The van der Waals surface area contributed by atoms with Gasteiger partial charge in [-0.1, -0.05) is 6.92 Å². The number of piperidine rings is 1. The average molecular weight is 226 g/mol. The van der Waals surface area contributed by atoms with Crippen molar-refractivity contribution in [1.82, 2.24) is 10.2 Å². The predicted octanol–water partition coefficient (Wildman–Crippen LogP) is 1.63. The van der Waals surface area contributed by atoms with Crippen LogP contribution in [0.2, 0.25) is 0 Å². The van der Waals surface area contributed by atoms with Gasteiger partial charge in [0.05, 0.1) is 6.10 Å². The number of hydrogen-bond donors (Lipinski definition) is 1. The number of rotatable bonds is 5. The minimum atomic E-state index is 0.508. The minimum Gasteiger partial charge on any atom is -0.377 e. The molecule has 0 spiro atoms. The standard InChI is InChI=1S/C13H26N2O/c1-2-8-15(11-13-6-4-9-16-13)12-5-3-7-14-10-12/h12-14H,2-11H2,1H3. The van der Waals surface area contributed by atoms with Crippen molar-refractivity contribution in [3.63, 3.8) is 0 Å². The molecule has 0 amide bonds. The maximum atomic E-state index is 5.76. The van der Waals surface area contributed by atoms with Gasteiger partial charge in [0.15, 0.2) is 0 Å². The fourth-order valence-corrected chi connectivity index (χ4v) is 2.91. The summed E-state index contributed by atoms with van der Waals surface area (Å²) in [6.07, 6.45) is 6.97. The molecule has 16 heavy (non-hydrogen) atoms. The minimum absolute atomic E-state index is 0.508. The quantitative estimate of drug-likeness (QED) is 0.771. The Labute approximate surface area is 99.5 Å². The van der Waals surface area contributed by atoms with E-state index in [9.17, 15) is 0 Å². The molecule has 94 valence electrons. The molecular formula is C13H26N2O. The molecule has 1 N–H and O–H groups in total. The SMILES string of the molecule is CCCN(CC1CCCO1)C1CCCNC1. The number of hydrogen-bond acceptors (Lipinski definition) is 3. The Morgan fingerprint density at radius 1 is 1.31 bits per heavy atom. The molecule has 2 aliphatic heterocycles. The van der Waals surface area contributed by atoms with Crippen molar-refractivity contribution >= 4 is 0 Å². The number of nitrogens with zero attached hydrogens (tertiary/aromatic N) is 1. The first-order valence-electron chi connectivity index (χ1n) is 6.96. The molecule has 0 radical (unpaired) electrons. The van der Waals surface area contributed by atoms with Gasteiger partial charge in [0, 0.05) is 25.7 Å². The highest BCUT2D eigenvalue weighted by atomic mass is 16.5. The molecule has 0 aromatic rings. The van der Waals surface area contributed by atoms with Crippen LogP contribution in [0.1, 0.15) is 39.0 Å². The Morgan fingerprint density at radius 3 is 2.88 bits per heavy atom. The molecule has 0 aliphatic carbocycles. The van der Waals surface area contributed by atoms with Crippen molar-refractivity contribution in [3.05, 3.63) is 0 Å². The van der Waals surface area contributed by atoms with Gasteiger partial charge in [-0.25, -0.2) is 0 Å². The van der Waals surface area contributed by atoms with Gasteiger partial charge in [-0.15, -0.1) is 0 Å². The zero-order valence-corrected chi connectivity index (χ0v) is 10.6. The molecule has 3 heteroatoms. The Hall–Kier alpha value is -0.120. The van der Waals surface area contributed by atoms with Crippen molar-refractivity contribution < 1.29 is 4.74 Å². The highest BCUT2D eigenvalue weighted by Gasteiger charge is 2.25. The molecule has 2 saturated heterocycles. The first-order valence-corrected chi connectivity index (χ1v) is 6.96. The van der Waals surface area contributed by atoms with Crippen LogP contribution >= 0.6 is 0 Å². The summed E-state index contributed by atoms with van der Waals surface area (Å²) in [4.78, 5) is 2.65. The van der Waals surface area contributed by atoms with Gasteiger partial charge >= 0.3 is 0 Å². The fraction of sp³-hybridized carbons (Fsp3) is 1.00. The van der Waals surface area contributed by atoms with Crippen LogP contribution < -0.4 is 5.32 Å². The lowest BCUT2D eigenvalue weighted by Crippen LogP contribution is -2.48.